The Labute approximate surface area is 167 Å². The third-order valence-electron chi connectivity index (χ3n) is 5.21. The number of hydrogen-bond donors (Lipinski definition) is 1. The van der Waals surface area contributed by atoms with Gasteiger partial charge in [-0.25, -0.2) is 9.97 Å². The first-order chi connectivity index (χ1) is 13.6. The number of carbonyl (C=O) groups excluding carboxylic acids is 1. The molecule has 3 rings (SSSR count). The highest BCUT2D eigenvalue weighted by atomic mass is 16.1. The second kappa shape index (κ2) is 9.68. The molecule has 1 aliphatic rings. The molecule has 3 heterocycles. The number of aryl methyl sites for hydroxylation is 1. The van der Waals surface area contributed by atoms with Gasteiger partial charge in [0.15, 0.2) is 0 Å². The van der Waals surface area contributed by atoms with Crippen LogP contribution in [0.4, 0.5) is 5.82 Å². The summed E-state index contributed by atoms with van der Waals surface area (Å²) in [5.74, 6) is 2.46. The fourth-order valence-corrected chi connectivity index (χ4v) is 3.79. The van der Waals surface area contributed by atoms with Crippen LogP contribution in [0.3, 0.4) is 0 Å². The number of hydrogen-bond acceptors (Lipinski definition) is 5. The van der Waals surface area contributed by atoms with Crippen molar-refractivity contribution in [3.8, 4) is 0 Å². The van der Waals surface area contributed by atoms with Gasteiger partial charge in [-0.1, -0.05) is 0 Å². The molecular weight excluding hydrogens is 352 g/mol. The van der Waals surface area contributed by atoms with Gasteiger partial charge in [-0.15, -0.1) is 0 Å². The number of pyridine rings is 1. The number of amides is 1. The highest BCUT2D eigenvalue weighted by Gasteiger charge is 2.25. The van der Waals surface area contributed by atoms with E-state index >= 15 is 0 Å². The van der Waals surface area contributed by atoms with Gasteiger partial charge in [-0.05, 0) is 59.0 Å². The molecule has 2 aromatic heterocycles. The Kier molecular flexibility index (Phi) is 7.03. The lowest BCUT2D eigenvalue weighted by Crippen LogP contribution is -2.36. The van der Waals surface area contributed by atoms with Crippen LogP contribution in [0.1, 0.15) is 48.3 Å². The molecule has 1 atom stereocenters. The van der Waals surface area contributed by atoms with E-state index in [1.165, 1.54) is 5.82 Å². The number of anilines is 1. The molecule has 0 aromatic carbocycles. The first-order valence-electron chi connectivity index (χ1n) is 10.2. The van der Waals surface area contributed by atoms with Crippen LogP contribution in [0.15, 0.2) is 30.7 Å². The molecule has 0 unspecified atom stereocenters. The average molecular weight is 385 g/mol. The molecule has 152 valence electrons. The van der Waals surface area contributed by atoms with Crippen LogP contribution in [0, 0.1) is 0 Å². The average Bonchev–Trinajstić information content (AvgIpc) is 3.17. The van der Waals surface area contributed by atoms with Crippen molar-refractivity contribution >= 4 is 11.7 Å². The summed E-state index contributed by atoms with van der Waals surface area (Å²) >= 11 is 0. The fourth-order valence-electron chi connectivity index (χ4n) is 3.79. The van der Waals surface area contributed by atoms with Gasteiger partial charge in [0.05, 0.1) is 5.56 Å². The van der Waals surface area contributed by atoms with Crippen LogP contribution in [-0.2, 0) is 6.54 Å². The van der Waals surface area contributed by atoms with E-state index in [-0.39, 0.29) is 5.91 Å². The zero-order valence-electron chi connectivity index (χ0n) is 17.3. The maximum atomic E-state index is 11.9. The minimum Gasteiger partial charge on any atom is -0.356 e. The maximum absolute atomic E-state index is 11.9. The predicted molar refractivity (Wildman–Crippen MR) is 112 cm³/mol. The summed E-state index contributed by atoms with van der Waals surface area (Å²) in [5.41, 5.74) is 0.607. The zero-order valence-corrected chi connectivity index (χ0v) is 17.3. The standard InChI is InChI=1S/C21H32N6O/c1-4-22-21(28)17-8-9-19(24-15-17)27-12-5-7-18(16-27)20-23-10-14-26(20)13-6-11-25(2)3/h8-10,14-15,18H,4-7,11-13,16H2,1-3H3,(H,22,28)/t18-/m1/s1. The Morgan fingerprint density at radius 2 is 2.18 bits per heavy atom. The Balaban J connectivity index is 1.65. The van der Waals surface area contributed by atoms with Crippen LogP contribution in [0.5, 0.6) is 0 Å². The van der Waals surface area contributed by atoms with Crippen LogP contribution in [0.25, 0.3) is 0 Å². The lowest BCUT2D eigenvalue weighted by atomic mass is 9.97. The number of imidazole rings is 1. The van der Waals surface area contributed by atoms with Gasteiger partial charge in [0.1, 0.15) is 11.6 Å². The van der Waals surface area contributed by atoms with Crippen molar-refractivity contribution in [1.29, 1.82) is 0 Å². The Morgan fingerprint density at radius 1 is 1.32 bits per heavy atom. The van der Waals surface area contributed by atoms with E-state index in [0.717, 1.165) is 51.3 Å². The van der Waals surface area contributed by atoms with Crippen molar-refractivity contribution < 1.29 is 4.79 Å². The van der Waals surface area contributed by atoms with E-state index in [0.29, 0.717) is 18.0 Å². The molecule has 0 radical (unpaired) electrons. The third-order valence-corrected chi connectivity index (χ3v) is 5.21. The van der Waals surface area contributed by atoms with Gasteiger partial charge in [-0.2, -0.15) is 0 Å². The van der Waals surface area contributed by atoms with Crippen molar-refractivity contribution in [2.24, 2.45) is 0 Å². The lowest BCUT2D eigenvalue weighted by Gasteiger charge is -2.33. The molecule has 28 heavy (non-hydrogen) atoms. The van der Waals surface area contributed by atoms with Crippen LogP contribution < -0.4 is 10.2 Å². The summed E-state index contributed by atoms with van der Waals surface area (Å²) in [6.45, 7) is 6.52. The van der Waals surface area contributed by atoms with Crippen molar-refractivity contribution in [3.63, 3.8) is 0 Å². The zero-order chi connectivity index (χ0) is 19.9. The second-order valence-electron chi connectivity index (χ2n) is 7.69. The van der Waals surface area contributed by atoms with Gasteiger partial charge in [0, 0.05) is 50.7 Å². The third kappa shape index (κ3) is 5.10. The Bertz CT molecular complexity index is 755. The van der Waals surface area contributed by atoms with Gasteiger partial charge in [0.2, 0.25) is 0 Å². The quantitative estimate of drug-likeness (QED) is 0.757. The van der Waals surface area contributed by atoms with Crippen LogP contribution in [0.2, 0.25) is 0 Å². The number of piperidine rings is 1. The molecule has 1 aliphatic heterocycles. The van der Waals surface area contributed by atoms with Gasteiger partial charge in [0.25, 0.3) is 5.91 Å². The summed E-state index contributed by atoms with van der Waals surface area (Å²) in [5, 5.41) is 2.81. The molecule has 0 saturated carbocycles. The molecule has 0 bridgehead atoms. The molecule has 1 fully saturated rings. The molecule has 0 spiro atoms. The normalized spacial score (nSPS) is 17.1. The number of rotatable bonds is 8. The lowest BCUT2D eigenvalue weighted by molar-refractivity contribution is 0.0955. The minimum atomic E-state index is -0.0715. The SMILES string of the molecule is CCNC(=O)c1ccc(N2CCC[C@@H](c3nccn3CCCN(C)C)C2)nc1. The topological polar surface area (TPSA) is 66.3 Å². The monoisotopic (exact) mass is 384 g/mol. The van der Waals surface area contributed by atoms with E-state index in [1.54, 1.807) is 6.20 Å². The summed E-state index contributed by atoms with van der Waals surface area (Å²) < 4.78 is 2.31. The number of aromatic nitrogens is 3. The molecule has 1 amide bonds. The first kappa shape index (κ1) is 20.3. The summed E-state index contributed by atoms with van der Waals surface area (Å²) in [6, 6.07) is 3.82. The van der Waals surface area contributed by atoms with E-state index in [2.05, 4.69) is 49.9 Å². The fraction of sp³-hybridized carbons (Fsp3) is 0.571. The Hall–Kier alpha value is -2.41. The maximum Gasteiger partial charge on any atom is 0.252 e. The summed E-state index contributed by atoms with van der Waals surface area (Å²) in [6.07, 6.45) is 9.08. The van der Waals surface area contributed by atoms with Crippen LogP contribution in [-0.4, -0.2) is 65.6 Å². The highest BCUT2D eigenvalue weighted by Crippen LogP contribution is 2.28. The predicted octanol–water partition coefficient (Wildman–Crippen LogP) is 2.36. The number of nitrogens with one attached hydrogen (secondary N) is 1. The van der Waals surface area contributed by atoms with Crippen molar-refractivity contribution in [2.45, 2.75) is 38.6 Å². The smallest absolute Gasteiger partial charge is 0.252 e. The van der Waals surface area contributed by atoms with E-state index in [4.69, 9.17) is 0 Å². The number of nitrogens with zero attached hydrogens (tertiary/aromatic N) is 5. The van der Waals surface area contributed by atoms with Gasteiger partial charge in [-0.3, -0.25) is 4.79 Å². The summed E-state index contributed by atoms with van der Waals surface area (Å²) in [4.78, 5) is 25.7. The van der Waals surface area contributed by atoms with E-state index < -0.39 is 0 Å². The number of carbonyl (C=O) groups is 1. The van der Waals surface area contributed by atoms with E-state index in [1.807, 2.05) is 25.3 Å². The Morgan fingerprint density at radius 3 is 2.89 bits per heavy atom. The molecule has 1 saturated heterocycles. The second-order valence-corrected chi connectivity index (χ2v) is 7.69. The van der Waals surface area contributed by atoms with Crippen molar-refractivity contribution in [3.05, 3.63) is 42.1 Å². The molecule has 0 aliphatic carbocycles. The van der Waals surface area contributed by atoms with Crippen molar-refractivity contribution in [2.75, 3.05) is 45.2 Å². The highest BCUT2D eigenvalue weighted by molar-refractivity contribution is 5.94. The first-order valence-corrected chi connectivity index (χ1v) is 10.2. The van der Waals surface area contributed by atoms with Crippen molar-refractivity contribution in [1.82, 2.24) is 24.8 Å². The largest absolute Gasteiger partial charge is 0.356 e. The minimum absolute atomic E-state index is 0.0715. The molecule has 2 aromatic rings. The molecular formula is C21H32N6O. The molecule has 7 nitrogen and oxygen atoms in total. The molecule has 7 heteroatoms. The van der Waals surface area contributed by atoms with E-state index in [9.17, 15) is 4.79 Å². The van der Waals surface area contributed by atoms with Crippen LogP contribution >= 0.6 is 0 Å². The molecule has 1 N–H and O–H groups in total. The van der Waals surface area contributed by atoms with Gasteiger partial charge < -0.3 is 19.7 Å². The summed E-state index contributed by atoms with van der Waals surface area (Å²) in [7, 11) is 4.22. The van der Waals surface area contributed by atoms with Gasteiger partial charge >= 0.3 is 0 Å².